The van der Waals surface area contributed by atoms with Gasteiger partial charge in [-0.15, -0.1) is 11.3 Å². The average molecular weight is 296 g/mol. The van der Waals surface area contributed by atoms with Gasteiger partial charge in [0.25, 0.3) is 0 Å². The molecule has 1 fully saturated rings. The SMILES string of the molecule is O=C([O-])c1cc(Cl)c(Cl)s1.[NH3+]C1CCCCC1. The van der Waals surface area contributed by atoms with Crippen LogP contribution in [0.25, 0.3) is 0 Å². The minimum atomic E-state index is -1.25. The highest BCUT2D eigenvalue weighted by Gasteiger charge is 2.09. The highest BCUT2D eigenvalue weighted by molar-refractivity contribution is 7.18. The van der Waals surface area contributed by atoms with Crippen LogP contribution in [-0.2, 0) is 0 Å². The first kappa shape index (κ1) is 14.8. The quantitative estimate of drug-likeness (QED) is 0.861. The van der Waals surface area contributed by atoms with E-state index in [0.29, 0.717) is 0 Å². The van der Waals surface area contributed by atoms with Gasteiger partial charge in [-0.05, 0) is 31.7 Å². The molecule has 0 amide bonds. The molecule has 0 aliphatic heterocycles. The van der Waals surface area contributed by atoms with Crippen LogP contribution in [0.2, 0.25) is 9.36 Å². The lowest BCUT2D eigenvalue weighted by Crippen LogP contribution is -2.61. The molecule has 1 aromatic heterocycles. The third-order valence-electron chi connectivity index (χ3n) is 2.57. The van der Waals surface area contributed by atoms with Crippen molar-refractivity contribution in [2.45, 2.75) is 38.1 Å². The van der Waals surface area contributed by atoms with E-state index in [1.807, 2.05) is 0 Å². The van der Waals surface area contributed by atoms with Gasteiger partial charge in [-0.1, -0.05) is 29.6 Å². The number of carbonyl (C=O) groups excluding carboxylic acids is 1. The molecule has 96 valence electrons. The molecule has 0 aromatic carbocycles. The first-order valence-corrected chi connectivity index (χ1v) is 7.07. The molecule has 3 N–H and O–H groups in total. The van der Waals surface area contributed by atoms with Crippen LogP contribution >= 0.6 is 34.5 Å². The second-order valence-electron chi connectivity index (χ2n) is 4.02. The highest BCUT2D eigenvalue weighted by Crippen LogP contribution is 2.30. The number of aromatic carboxylic acids is 1. The van der Waals surface area contributed by atoms with E-state index in [-0.39, 0.29) is 14.2 Å². The molecule has 3 nitrogen and oxygen atoms in total. The number of hydrogen-bond donors (Lipinski definition) is 1. The summed E-state index contributed by atoms with van der Waals surface area (Å²) in [6.45, 7) is 0. The Balaban J connectivity index is 0.000000181. The standard InChI is InChI=1S/C6H13N.C5H2Cl2O2S/c7-6-4-2-1-3-5-6;6-2-1-3(5(8)9)10-4(2)7/h6H,1-5,7H2;1H,(H,8,9). The lowest BCUT2D eigenvalue weighted by molar-refractivity contribution is -0.425. The summed E-state index contributed by atoms with van der Waals surface area (Å²) < 4.78 is 0.279. The summed E-state index contributed by atoms with van der Waals surface area (Å²) in [5, 5.41) is 10.4. The van der Waals surface area contributed by atoms with E-state index in [2.05, 4.69) is 5.73 Å². The third-order valence-corrected chi connectivity index (χ3v) is 4.42. The van der Waals surface area contributed by atoms with Crippen LogP contribution in [0, 0.1) is 0 Å². The van der Waals surface area contributed by atoms with Crippen LogP contribution < -0.4 is 10.8 Å². The number of carboxylic acid groups (broad SMARTS) is 1. The van der Waals surface area contributed by atoms with Gasteiger partial charge < -0.3 is 15.6 Å². The van der Waals surface area contributed by atoms with E-state index in [1.54, 1.807) is 0 Å². The first-order chi connectivity index (χ1) is 8.00. The topological polar surface area (TPSA) is 67.8 Å². The Morgan fingerprint density at radius 3 is 2.18 bits per heavy atom. The summed E-state index contributed by atoms with van der Waals surface area (Å²) in [5.74, 6) is -1.25. The predicted molar refractivity (Wildman–Crippen MR) is 68.4 cm³/mol. The number of thiophene rings is 1. The molecule has 0 bridgehead atoms. The number of halogens is 2. The van der Waals surface area contributed by atoms with Crippen LogP contribution in [0.5, 0.6) is 0 Å². The van der Waals surface area contributed by atoms with Crippen molar-refractivity contribution in [1.29, 1.82) is 0 Å². The fourth-order valence-corrected chi connectivity index (χ4v) is 2.84. The maximum absolute atomic E-state index is 10.1. The second kappa shape index (κ2) is 7.21. The molecule has 0 atom stereocenters. The molecule has 6 heteroatoms. The summed E-state index contributed by atoms with van der Waals surface area (Å²) in [6, 6.07) is 2.05. The summed E-state index contributed by atoms with van der Waals surface area (Å²) in [4.78, 5) is 10.2. The van der Waals surface area contributed by atoms with E-state index >= 15 is 0 Å². The van der Waals surface area contributed by atoms with Gasteiger partial charge in [0.2, 0.25) is 0 Å². The van der Waals surface area contributed by atoms with Crippen LogP contribution in [0.15, 0.2) is 6.07 Å². The average Bonchev–Trinajstić information content (AvgIpc) is 2.61. The molecule has 1 aliphatic rings. The Morgan fingerprint density at radius 1 is 1.35 bits per heavy atom. The Bertz CT molecular complexity index is 356. The molecule has 1 saturated carbocycles. The second-order valence-corrected chi connectivity index (χ2v) is 6.09. The summed E-state index contributed by atoms with van der Waals surface area (Å²) in [7, 11) is 0. The molecule has 0 spiro atoms. The largest absolute Gasteiger partial charge is 0.544 e. The molecule has 0 saturated heterocycles. The molecular weight excluding hydrogens is 281 g/mol. The van der Waals surface area contributed by atoms with Gasteiger partial charge in [0.05, 0.1) is 21.9 Å². The van der Waals surface area contributed by atoms with Crippen molar-refractivity contribution < 1.29 is 15.6 Å². The van der Waals surface area contributed by atoms with Crippen LogP contribution in [0.1, 0.15) is 41.8 Å². The fraction of sp³-hybridized carbons (Fsp3) is 0.545. The van der Waals surface area contributed by atoms with E-state index < -0.39 is 5.97 Å². The minimum absolute atomic E-state index is 0.0509. The van der Waals surface area contributed by atoms with Crippen LogP contribution in [-0.4, -0.2) is 12.0 Å². The monoisotopic (exact) mass is 295 g/mol. The molecule has 17 heavy (non-hydrogen) atoms. The van der Waals surface area contributed by atoms with Gasteiger partial charge >= 0.3 is 0 Å². The van der Waals surface area contributed by atoms with Crippen molar-refractivity contribution in [3.8, 4) is 0 Å². The van der Waals surface area contributed by atoms with E-state index in [9.17, 15) is 9.90 Å². The first-order valence-electron chi connectivity index (χ1n) is 5.50. The molecule has 0 radical (unpaired) electrons. The molecule has 1 aromatic rings. The normalized spacial score (nSPS) is 16.2. The van der Waals surface area contributed by atoms with Crippen molar-refractivity contribution in [3.05, 3.63) is 20.3 Å². The van der Waals surface area contributed by atoms with E-state index in [0.717, 1.165) is 17.4 Å². The zero-order valence-electron chi connectivity index (χ0n) is 9.38. The van der Waals surface area contributed by atoms with Gasteiger partial charge in [0.15, 0.2) is 0 Å². The Hall–Kier alpha value is -0.290. The summed E-state index contributed by atoms with van der Waals surface area (Å²) in [5.41, 5.74) is 4.00. The summed E-state index contributed by atoms with van der Waals surface area (Å²) >= 11 is 11.8. The van der Waals surface area contributed by atoms with Crippen LogP contribution in [0.3, 0.4) is 0 Å². The van der Waals surface area contributed by atoms with Gasteiger partial charge in [-0.3, -0.25) is 0 Å². The number of carboxylic acids is 1. The van der Waals surface area contributed by atoms with Gasteiger partial charge in [-0.2, -0.15) is 0 Å². The maximum Gasteiger partial charge on any atom is 0.112 e. The highest BCUT2D eigenvalue weighted by atomic mass is 35.5. The van der Waals surface area contributed by atoms with Crippen molar-refractivity contribution >= 4 is 40.5 Å². The molecular formula is C11H15Cl2NO2S. The van der Waals surface area contributed by atoms with Gasteiger partial charge in [0, 0.05) is 0 Å². The van der Waals surface area contributed by atoms with Gasteiger partial charge in [0.1, 0.15) is 4.34 Å². The Morgan fingerprint density at radius 2 is 1.94 bits per heavy atom. The molecule has 1 aliphatic carbocycles. The van der Waals surface area contributed by atoms with Crippen molar-refractivity contribution in [1.82, 2.24) is 0 Å². The number of quaternary nitrogens is 1. The van der Waals surface area contributed by atoms with E-state index in [1.165, 1.54) is 38.2 Å². The van der Waals surface area contributed by atoms with Crippen LogP contribution in [0.4, 0.5) is 0 Å². The van der Waals surface area contributed by atoms with Crippen molar-refractivity contribution in [2.75, 3.05) is 0 Å². The van der Waals surface area contributed by atoms with Crippen molar-refractivity contribution in [3.63, 3.8) is 0 Å². The number of carbonyl (C=O) groups is 1. The van der Waals surface area contributed by atoms with E-state index in [4.69, 9.17) is 23.2 Å². The lowest BCUT2D eigenvalue weighted by Gasteiger charge is -2.12. The number of rotatable bonds is 1. The van der Waals surface area contributed by atoms with Crippen molar-refractivity contribution in [2.24, 2.45) is 0 Å². The third kappa shape index (κ3) is 5.25. The molecule has 0 unspecified atom stereocenters. The Kier molecular flexibility index (Phi) is 6.27. The maximum atomic E-state index is 10.1. The fourth-order valence-electron chi connectivity index (χ4n) is 1.63. The molecule has 2 rings (SSSR count). The molecule has 1 heterocycles. The predicted octanol–water partition coefficient (Wildman–Crippen LogP) is 1.98. The smallest absolute Gasteiger partial charge is 0.112 e. The number of hydrogen-bond acceptors (Lipinski definition) is 3. The summed E-state index contributed by atoms with van der Waals surface area (Å²) in [6.07, 6.45) is 7.05. The zero-order chi connectivity index (χ0) is 12.8. The Labute approximate surface area is 115 Å². The zero-order valence-corrected chi connectivity index (χ0v) is 11.7. The lowest BCUT2D eigenvalue weighted by atomic mass is 9.97. The van der Waals surface area contributed by atoms with Gasteiger partial charge in [-0.25, -0.2) is 0 Å². The minimum Gasteiger partial charge on any atom is -0.544 e.